The first kappa shape index (κ1) is 19.0. The molecule has 3 aromatic rings. The van der Waals surface area contributed by atoms with Crippen molar-refractivity contribution < 1.29 is 9.47 Å². The van der Waals surface area contributed by atoms with Gasteiger partial charge in [-0.3, -0.25) is 0 Å². The van der Waals surface area contributed by atoms with Gasteiger partial charge in [-0.1, -0.05) is 6.07 Å². The number of halogens is 1. The van der Waals surface area contributed by atoms with Gasteiger partial charge < -0.3 is 14.4 Å². The van der Waals surface area contributed by atoms with Crippen LogP contribution in [0.3, 0.4) is 0 Å². The van der Waals surface area contributed by atoms with Gasteiger partial charge in [-0.15, -0.1) is 12.4 Å². The molecule has 1 fully saturated rings. The van der Waals surface area contributed by atoms with Gasteiger partial charge >= 0.3 is 0 Å². The minimum atomic E-state index is 0. The Labute approximate surface area is 170 Å². The summed E-state index contributed by atoms with van der Waals surface area (Å²) in [4.78, 5) is 11.8. The third-order valence-electron chi connectivity index (χ3n) is 5.64. The van der Waals surface area contributed by atoms with Gasteiger partial charge in [0.2, 0.25) is 0 Å². The minimum Gasteiger partial charge on any atom is -0.497 e. The molecule has 0 bridgehead atoms. The summed E-state index contributed by atoms with van der Waals surface area (Å²) in [5.74, 6) is 3.10. The van der Waals surface area contributed by atoms with E-state index in [4.69, 9.17) is 14.5 Å². The molecule has 0 amide bonds. The van der Waals surface area contributed by atoms with Crippen molar-refractivity contribution in [3.05, 3.63) is 47.2 Å². The second kappa shape index (κ2) is 7.56. The molecule has 0 spiro atoms. The van der Waals surface area contributed by atoms with Crippen molar-refractivity contribution in [2.75, 3.05) is 31.8 Å². The van der Waals surface area contributed by atoms with Crippen LogP contribution in [-0.4, -0.2) is 46.5 Å². The maximum atomic E-state index is 5.61. The molecule has 7 nitrogen and oxygen atoms in total. The maximum Gasteiger partial charge on any atom is 0.158 e. The van der Waals surface area contributed by atoms with E-state index < -0.39 is 0 Å². The first-order valence-corrected chi connectivity index (χ1v) is 9.43. The molecule has 0 N–H and O–H groups in total. The summed E-state index contributed by atoms with van der Waals surface area (Å²) in [6, 6.07) is 6.33. The molecule has 2 aliphatic rings. The smallest absolute Gasteiger partial charge is 0.158 e. The Morgan fingerprint density at radius 2 is 2.14 bits per heavy atom. The number of anilines is 1. The Balaban J connectivity index is 0.00000192. The van der Waals surface area contributed by atoms with E-state index >= 15 is 0 Å². The van der Waals surface area contributed by atoms with Crippen LogP contribution in [0.2, 0.25) is 0 Å². The Morgan fingerprint density at radius 3 is 2.93 bits per heavy atom. The molecule has 148 valence electrons. The van der Waals surface area contributed by atoms with Crippen molar-refractivity contribution in [2.45, 2.75) is 32.2 Å². The van der Waals surface area contributed by atoms with Crippen LogP contribution < -0.4 is 9.64 Å². The zero-order valence-electron chi connectivity index (χ0n) is 16.1. The van der Waals surface area contributed by atoms with E-state index in [-0.39, 0.29) is 12.4 Å². The fraction of sp³-hybridized carbons (Fsp3) is 0.450. The molecule has 5 rings (SSSR count). The molecular formula is C20H24ClN5O2. The highest BCUT2D eigenvalue weighted by Gasteiger charge is 2.28. The summed E-state index contributed by atoms with van der Waals surface area (Å²) in [6.07, 6.45) is 3.61. The average Bonchev–Trinajstić information content (AvgIpc) is 3.35. The lowest BCUT2D eigenvalue weighted by Gasteiger charge is -2.30. The van der Waals surface area contributed by atoms with Crippen LogP contribution in [-0.2, 0) is 17.7 Å². The number of ether oxygens (including phenoxy) is 2. The van der Waals surface area contributed by atoms with Gasteiger partial charge in [0.05, 0.1) is 19.4 Å². The van der Waals surface area contributed by atoms with Gasteiger partial charge in [-0.25, -0.2) is 14.5 Å². The zero-order chi connectivity index (χ0) is 18.4. The minimum absolute atomic E-state index is 0. The molecule has 0 unspecified atom stereocenters. The van der Waals surface area contributed by atoms with Crippen LogP contribution in [0, 0.1) is 6.92 Å². The number of hydrogen-bond donors (Lipinski definition) is 0. The lowest BCUT2D eigenvalue weighted by molar-refractivity contribution is 0.193. The summed E-state index contributed by atoms with van der Waals surface area (Å²) in [7, 11) is 1.71. The van der Waals surface area contributed by atoms with Crippen molar-refractivity contribution in [1.29, 1.82) is 0 Å². The van der Waals surface area contributed by atoms with Crippen LogP contribution in [0.5, 0.6) is 5.75 Å². The quantitative estimate of drug-likeness (QED) is 0.672. The van der Waals surface area contributed by atoms with Crippen molar-refractivity contribution >= 4 is 23.7 Å². The van der Waals surface area contributed by atoms with E-state index in [9.17, 15) is 0 Å². The SMILES string of the molecule is COc1ccc2c(c1)CCN(c1ncnn3c(C)nc([C@@H]4CCOC4)c13)C2.Cl. The average molecular weight is 402 g/mol. The normalized spacial score (nSPS) is 18.8. The van der Waals surface area contributed by atoms with E-state index in [1.165, 1.54) is 11.1 Å². The van der Waals surface area contributed by atoms with Crippen molar-refractivity contribution in [3.63, 3.8) is 0 Å². The molecule has 1 aromatic carbocycles. The molecule has 8 heteroatoms. The molecule has 2 aliphatic heterocycles. The number of aromatic nitrogens is 4. The monoisotopic (exact) mass is 401 g/mol. The van der Waals surface area contributed by atoms with Crippen LogP contribution in [0.15, 0.2) is 24.5 Å². The van der Waals surface area contributed by atoms with E-state index in [0.717, 1.165) is 67.7 Å². The van der Waals surface area contributed by atoms with Crippen LogP contribution in [0.1, 0.15) is 35.0 Å². The fourth-order valence-corrected chi connectivity index (χ4v) is 4.19. The Kier molecular flexibility index (Phi) is 5.12. The number of fused-ring (bicyclic) bond motifs is 2. The topological polar surface area (TPSA) is 64.8 Å². The van der Waals surface area contributed by atoms with Crippen molar-refractivity contribution in [2.24, 2.45) is 0 Å². The Bertz CT molecular complexity index is 1000. The van der Waals surface area contributed by atoms with Crippen molar-refractivity contribution in [3.8, 4) is 5.75 Å². The number of imidazole rings is 1. The van der Waals surface area contributed by atoms with Gasteiger partial charge in [-0.05, 0) is 43.0 Å². The third-order valence-corrected chi connectivity index (χ3v) is 5.64. The third kappa shape index (κ3) is 3.08. The molecule has 28 heavy (non-hydrogen) atoms. The van der Waals surface area contributed by atoms with E-state index in [2.05, 4.69) is 27.1 Å². The molecule has 2 aromatic heterocycles. The number of nitrogens with zero attached hydrogens (tertiary/aromatic N) is 5. The van der Waals surface area contributed by atoms with Crippen molar-refractivity contribution in [1.82, 2.24) is 19.6 Å². The fourth-order valence-electron chi connectivity index (χ4n) is 4.19. The zero-order valence-corrected chi connectivity index (χ0v) is 16.9. The predicted molar refractivity (Wildman–Crippen MR) is 109 cm³/mol. The first-order chi connectivity index (χ1) is 13.2. The summed E-state index contributed by atoms with van der Waals surface area (Å²) in [6.45, 7) is 5.27. The highest BCUT2D eigenvalue weighted by atomic mass is 35.5. The number of rotatable bonds is 3. The van der Waals surface area contributed by atoms with Gasteiger partial charge in [0.25, 0.3) is 0 Å². The summed E-state index contributed by atoms with van der Waals surface area (Å²) < 4.78 is 12.9. The largest absolute Gasteiger partial charge is 0.497 e. The maximum absolute atomic E-state index is 5.61. The first-order valence-electron chi connectivity index (χ1n) is 9.43. The second-order valence-electron chi connectivity index (χ2n) is 7.26. The van der Waals surface area contributed by atoms with Gasteiger partial charge in [0.15, 0.2) is 5.82 Å². The van der Waals surface area contributed by atoms with Gasteiger partial charge in [0, 0.05) is 25.6 Å². The number of benzene rings is 1. The lowest BCUT2D eigenvalue weighted by Crippen LogP contribution is -2.31. The van der Waals surface area contributed by atoms with Gasteiger partial charge in [-0.2, -0.15) is 5.10 Å². The second-order valence-corrected chi connectivity index (χ2v) is 7.26. The number of hydrogen-bond acceptors (Lipinski definition) is 6. The van der Waals surface area contributed by atoms with Crippen LogP contribution in [0.4, 0.5) is 5.82 Å². The molecule has 0 radical (unpaired) electrons. The molecule has 1 saturated heterocycles. The molecule has 1 atom stereocenters. The van der Waals surface area contributed by atoms with E-state index in [1.807, 2.05) is 17.5 Å². The number of methoxy groups -OCH3 is 1. The summed E-state index contributed by atoms with van der Waals surface area (Å²) in [5.41, 5.74) is 4.77. The predicted octanol–water partition coefficient (Wildman–Crippen LogP) is 2.93. The lowest BCUT2D eigenvalue weighted by atomic mass is 9.99. The Hall–Kier alpha value is -2.38. The molecule has 0 aliphatic carbocycles. The molecule has 4 heterocycles. The summed E-state index contributed by atoms with van der Waals surface area (Å²) in [5, 5.41) is 4.45. The van der Waals surface area contributed by atoms with E-state index in [0.29, 0.717) is 5.92 Å². The molecular weight excluding hydrogens is 378 g/mol. The standard InChI is InChI=1S/C20H23N5O2.ClH/c1-13-23-18(16-6-8-27-11-16)19-20(21-12-22-25(13)19)24-7-5-14-9-17(26-2)4-3-15(14)10-24;/h3-4,9,12,16H,5-8,10-11H2,1-2H3;1H/t16-;/m1./s1. The number of aryl methyl sites for hydroxylation is 1. The van der Waals surface area contributed by atoms with Crippen LogP contribution >= 0.6 is 12.4 Å². The summed E-state index contributed by atoms with van der Waals surface area (Å²) >= 11 is 0. The van der Waals surface area contributed by atoms with E-state index in [1.54, 1.807) is 13.4 Å². The Morgan fingerprint density at radius 1 is 1.25 bits per heavy atom. The van der Waals surface area contributed by atoms with Gasteiger partial charge in [0.1, 0.15) is 23.4 Å². The molecule has 0 saturated carbocycles. The highest BCUT2D eigenvalue weighted by molar-refractivity contribution is 5.85. The van der Waals surface area contributed by atoms with Crippen LogP contribution in [0.25, 0.3) is 5.52 Å². The highest BCUT2D eigenvalue weighted by Crippen LogP contribution is 2.34.